The van der Waals surface area contributed by atoms with Crippen molar-refractivity contribution in [1.82, 2.24) is 10.2 Å². The standard InChI is InChI=1S/C24H30F2N6O3S/c1-16-19(22(33)28-17-5-3-6-18(11-17)36(2,27)34)21(31-9-4-7-24(25,26)8-10-31)30-29-20(16)32-12-23(13-32)14-35-15-23/h3,5-6,11,27H,4,7-10,12-15H2,1-2H3,(H,28,33)/t36-/m1/s1. The summed E-state index contributed by atoms with van der Waals surface area (Å²) in [5, 5.41) is 11.6. The lowest BCUT2D eigenvalue weighted by molar-refractivity contribution is -0.127. The molecule has 1 aromatic heterocycles. The van der Waals surface area contributed by atoms with Gasteiger partial charge in [0.25, 0.3) is 5.91 Å². The van der Waals surface area contributed by atoms with E-state index in [2.05, 4.69) is 20.4 Å². The van der Waals surface area contributed by atoms with Crippen LogP contribution < -0.4 is 15.1 Å². The number of nitrogens with zero attached hydrogens (tertiary/aromatic N) is 4. The first kappa shape index (κ1) is 24.8. The lowest BCUT2D eigenvalue weighted by Gasteiger charge is -2.55. The quantitative estimate of drug-likeness (QED) is 0.620. The fourth-order valence-corrected chi connectivity index (χ4v) is 5.75. The van der Waals surface area contributed by atoms with Gasteiger partial charge in [0.15, 0.2) is 11.6 Å². The van der Waals surface area contributed by atoms with Gasteiger partial charge in [-0.3, -0.25) is 4.79 Å². The number of nitrogens with one attached hydrogen (secondary N) is 2. The Balaban J connectivity index is 1.49. The summed E-state index contributed by atoms with van der Waals surface area (Å²) >= 11 is 0. The summed E-state index contributed by atoms with van der Waals surface area (Å²) in [5.74, 6) is -2.33. The highest BCUT2D eigenvalue weighted by atomic mass is 32.2. The van der Waals surface area contributed by atoms with Crippen LogP contribution in [0.15, 0.2) is 29.2 Å². The van der Waals surface area contributed by atoms with Gasteiger partial charge in [0.1, 0.15) is 0 Å². The van der Waals surface area contributed by atoms with Crippen LogP contribution in [0.4, 0.5) is 26.1 Å². The normalized spacial score (nSPS) is 22.2. The molecule has 4 heterocycles. The Bertz CT molecular complexity index is 1290. The maximum atomic E-state index is 14.1. The number of carbonyl (C=O) groups is 1. The summed E-state index contributed by atoms with van der Waals surface area (Å²) in [7, 11) is -2.97. The number of carbonyl (C=O) groups excluding carboxylic acids is 1. The van der Waals surface area contributed by atoms with E-state index in [0.717, 1.165) is 13.1 Å². The first-order valence-corrected chi connectivity index (χ1v) is 13.9. The molecule has 0 radical (unpaired) electrons. The molecule has 0 aliphatic carbocycles. The van der Waals surface area contributed by atoms with Crippen molar-refractivity contribution in [3.8, 4) is 0 Å². The van der Waals surface area contributed by atoms with Gasteiger partial charge in [0.05, 0.1) is 33.9 Å². The molecule has 3 fully saturated rings. The van der Waals surface area contributed by atoms with Crippen molar-refractivity contribution in [2.75, 3.05) is 60.8 Å². The van der Waals surface area contributed by atoms with Gasteiger partial charge in [-0.2, -0.15) is 0 Å². The van der Waals surface area contributed by atoms with Crippen molar-refractivity contribution in [3.05, 3.63) is 35.4 Å². The lowest BCUT2D eigenvalue weighted by atomic mass is 9.78. The van der Waals surface area contributed by atoms with E-state index < -0.39 is 21.6 Å². The van der Waals surface area contributed by atoms with Crippen molar-refractivity contribution in [3.63, 3.8) is 0 Å². The molecular weight excluding hydrogens is 490 g/mol. The number of anilines is 3. The minimum Gasteiger partial charge on any atom is -0.380 e. The Kier molecular flexibility index (Phi) is 6.14. The molecule has 5 rings (SSSR count). The molecule has 12 heteroatoms. The summed E-state index contributed by atoms with van der Waals surface area (Å²) in [6.45, 7) is 5.14. The molecule has 9 nitrogen and oxygen atoms in total. The molecule has 1 spiro atoms. The number of benzene rings is 1. The highest BCUT2D eigenvalue weighted by molar-refractivity contribution is 7.91. The summed E-state index contributed by atoms with van der Waals surface area (Å²) in [4.78, 5) is 17.7. The van der Waals surface area contributed by atoms with Gasteiger partial charge in [0.2, 0.25) is 5.92 Å². The van der Waals surface area contributed by atoms with E-state index in [0.29, 0.717) is 41.7 Å². The topological polar surface area (TPSA) is 112 Å². The summed E-state index contributed by atoms with van der Waals surface area (Å²) < 4.78 is 53.5. The third kappa shape index (κ3) is 4.75. The van der Waals surface area contributed by atoms with Crippen LogP contribution in [-0.2, 0) is 14.5 Å². The second kappa shape index (κ2) is 8.91. The lowest BCUT2D eigenvalue weighted by Crippen LogP contribution is -2.66. The summed E-state index contributed by atoms with van der Waals surface area (Å²) in [5.41, 5.74) is 1.43. The second-order valence-corrected chi connectivity index (χ2v) is 12.4. The van der Waals surface area contributed by atoms with E-state index in [1.165, 1.54) is 12.3 Å². The van der Waals surface area contributed by atoms with Gasteiger partial charge >= 0.3 is 0 Å². The molecular formula is C24H30F2N6O3S. The average Bonchev–Trinajstić information content (AvgIpc) is 2.92. The predicted molar refractivity (Wildman–Crippen MR) is 133 cm³/mol. The molecule has 0 unspecified atom stereocenters. The molecule has 3 saturated heterocycles. The van der Waals surface area contributed by atoms with Gasteiger partial charge in [-0.25, -0.2) is 17.8 Å². The Hall–Kier alpha value is -2.86. The number of rotatable bonds is 5. The monoisotopic (exact) mass is 520 g/mol. The minimum absolute atomic E-state index is 0.0666. The molecule has 0 saturated carbocycles. The van der Waals surface area contributed by atoms with E-state index in [1.54, 1.807) is 30.0 Å². The molecule has 2 aromatic rings. The van der Waals surface area contributed by atoms with Gasteiger partial charge in [0, 0.05) is 61.4 Å². The molecule has 194 valence electrons. The molecule has 0 bridgehead atoms. The number of hydrogen-bond donors (Lipinski definition) is 2. The smallest absolute Gasteiger partial charge is 0.259 e. The Morgan fingerprint density at radius 3 is 2.53 bits per heavy atom. The van der Waals surface area contributed by atoms with Gasteiger partial charge in [-0.1, -0.05) is 6.07 Å². The first-order chi connectivity index (χ1) is 17.0. The van der Waals surface area contributed by atoms with Crippen molar-refractivity contribution < 1.29 is 22.5 Å². The Labute approximate surface area is 209 Å². The van der Waals surface area contributed by atoms with Crippen LogP contribution in [0.2, 0.25) is 0 Å². The number of amides is 1. The van der Waals surface area contributed by atoms with Crippen LogP contribution in [0, 0.1) is 17.1 Å². The number of hydrogen-bond acceptors (Lipinski definition) is 8. The largest absolute Gasteiger partial charge is 0.380 e. The maximum Gasteiger partial charge on any atom is 0.259 e. The molecule has 1 amide bonds. The van der Waals surface area contributed by atoms with Crippen molar-refractivity contribution in [1.29, 1.82) is 4.78 Å². The van der Waals surface area contributed by atoms with Crippen LogP contribution in [0.3, 0.4) is 0 Å². The minimum atomic E-state index is -2.97. The number of alkyl halides is 2. The van der Waals surface area contributed by atoms with Crippen molar-refractivity contribution in [2.24, 2.45) is 5.41 Å². The fraction of sp³-hybridized carbons (Fsp3) is 0.542. The van der Waals surface area contributed by atoms with Crippen LogP contribution in [0.1, 0.15) is 35.2 Å². The highest BCUT2D eigenvalue weighted by Gasteiger charge is 2.50. The van der Waals surface area contributed by atoms with E-state index in [4.69, 9.17) is 9.52 Å². The van der Waals surface area contributed by atoms with Gasteiger partial charge in [-0.05, 0) is 31.5 Å². The number of aromatic nitrogens is 2. The van der Waals surface area contributed by atoms with Crippen molar-refractivity contribution in [2.45, 2.75) is 37.0 Å². The van der Waals surface area contributed by atoms with Gasteiger partial charge in [-0.15, -0.1) is 10.2 Å². The van der Waals surface area contributed by atoms with E-state index in [1.807, 2.05) is 0 Å². The van der Waals surface area contributed by atoms with E-state index in [9.17, 15) is 17.8 Å². The first-order valence-electron chi connectivity index (χ1n) is 11.9. The van der Waals surface area contributed by atoms with Crippen LogP contribution in [0.25, 0.3) is 0 Å². The zero-order valence-electron chi connectivity index (χ0n) is 20.4. The maximum absolute atomic E-state index is 14.1. The third-order valence-corrected chi connectivity index (χ3v) is 8.28. The van der Waals surface area contributed by atoms with Crippen LogP contribution in [0.5, 0.6) is 0 Å². The molecule has 2 N–H and O–H groups in total. The van der Waals surface area contributed by atoms with E-state index >= 15 is 0 Å². The highest BCUT2D eigenvalue weighted by Crippen LogP contribution is 2.42. The zero-order chi connectivity index (χ0) is 25.7. The number of ether oxygens (including phenoxy) is 1. The SMILES string of the molecule is Cc1c(N2CC3(COC3)C2)nnc(N2CCCC(F)(F)CC2)c1C(=O)Nc1cccc([S@](C)(=N)=O)c1. The predicted octanol–water partition coefficient (Wildman–Crippen LogP) is 3.53. The summed E-state index contributed by atoms with van der Waals surface area (Å²) in [6.07, 6.45) is 1.07. The Morgan fingerprint density at radius 1 is 1.14 bits per heavy atom. The Morgan fingerprint density at radius 2 is 1.86 bits per heavy atom. The zero-order valence-corrected chi connectivity index (χ0v) is 21.2. The van der Waals surface area contributed by atoms with Crippen molar-refractivity contribution >= 4 is 33.0 Å². The molecule has 1 atom stereocenters. The molecule has 1 aromatic carbocycles. The average molecular weight is 521 g/mol. The number of halogens is 2. The van der Waals surface area contributed by atoms with Crippen LogP contribution >= 0.6 is 0 Å². The molecule has 3 aliphatic rings. The van der Waals surface area contributed by atoms with Crippen LogP contribution in [-0.4, -0.2) is 71.9 Å². The van der Waals surface area contributed by atoms with E-state index in [-0.39, 0.29) is 42.6 Å². The van der Waals surface area contributed by atoms with Gasteiger partial charge < -0.3 is 19.9 Å². The molecule has 3 aliphatic heterocycles. The summed E-state index contributed by atoms with van der Waals surface area (Å²) in [6, 6.07) is 6.37. The fourth-order valence-electron chi connectivity index (χ4n) is 5.06. The second-order valence-electron chi connectivity index (χ2n) is 10.2. The molecule has 36 heavy (non-hydrogen) atoms. The third-order valence-electron chi connectivity index (χ3n) is 7.13.